The number of rotatable bonds is 8. The normalized spacial score (nSPS) is 24.5. The molecule has 0 spiro atoms. The Morgan fingerprint density at radius 1 is 0.575 bits per heavy atom. The summed E-state index contributed by atoms with van der Waals surface area (Å²) >= 11 is 0. The van der Waals surface area contributed by atoms with Crippen LogP contribution in [0, 0.1) is 11.8 Å². The number of carbonyl (C=O) groups is 4. The first-order valence-electron chi connectivity index (χ1n) is 14.5. The van der Waals surface area contributed by atoms with Crippen LogP contribution in [0.15, 0.2) is 60.7 Å². The fraction of sp³-hybridized carbons (Fsp3) is 0.500. The van der Waals surface area contributed by atoms with E-state index in [0.717, 1.165) is 24.0 Å². The zero-order valence-electron chi connectivity index (χ0n) is 22.9. The molecule has 1 aliphatic carbocycles. The van der Waals surface area contributed by atoms with Crippen molar-refractivity contribution in [3.8, 4) is 0 Å². The molecule has 0 aromatic heterocycles. The van der Waals surface area contributed by atoms with Gasteiger partial charge in [0.15, 0.2) is 0 Å². The summed E-state index contributed by atoms with van der Waals surface area (Å²) in [6.07, 6.45) is 5.21. The second-order valence-electron chi connectivity index (χ2n) is 11.1. The largest absolute Gasteiger partial charge is 0.459 e. The van der Waals surface area contributed by atoms with E-state index in [0.29, 0.717) is 51.6 Å². The van der Waals surface area contributed by atoms with Crippen LogP contribution in [-0.4, -0.2) is 58.7 Å². The lowest BCUT2D eigenvalue weighted by Crippen LogP contribution is -2.47. The molecule has 2 heterocycles. The summed E-state index contributed by atoms with van der Waals surface area (Å²) in [5.41, 5.74) is 1.83. The van der Waals surface area contributed by atoms with Gasteiger partial charge >= 0.3 is 11.9 Å². The van der Waals surface area contributed by atoms with Crippen LogP contribution in [0.4, 0.5) is 0 Å². The number of esters is 2. The van der Waals surface area contributed by atoms with E-state index in [9.17, 15) is 19.2 Å². The molecule has 3 aliphatic rings. The van der Waals surface area contributed by atoms with Crippen LogP contribution < -0.4 is 0 Å². The van der Waals surface area contributed by atoms with E-state index in [1.54, 1.807) is 9.80 Å². The Balaban J connectivity index is 1.10. The molecular formula is C32H38N2O6. The van der Waals surface area contributed by atoms with Crippen molar-refractivity contribution in [2.45, 2.75) is 76.7 Å². The Morgan fingerprint density at radius 3 is 1.32 bits per heavy atom. The number of amides is 2. The summed E-state index contributed by atoms with van der Waals surface area (Å²) in [5, 5.41) is 0. The van der Waals surface area contributed by atoms with Gasteiger partial charge in [-0.2, -0.15) is 0 Å². The molecular weight excluding hydrogens is 508 g/mol. The Bertz CT molecular complexity index is 1080. The van der Waals surface area contributed by atoms with Crippen molar-refractivity contribution in [1.82, 2.24) is 9.80 Å². The summed E-state index contributed by atoms with van der Waals surface area (Å²) in [4.78, 5) is 55.8. The number of hydrogen-bond acceptors (Lipinski definition) is 6. The van der Waals surface area contributed by atoms with Gasteiger partial charge in [0.1, 0.15) is 25.3 Å². The molecule has 212 valence electrons. The first-order valence-corrected chi connectivity index (χ1v) is 14.5. The van der Waals surface area contributed by atoms with E-state index < -0.39 is 12.1 Å². The molecule has 2 aliphatic heterocycles. The van der Waals surface area contributed by atoms with Crippen molar-refractivity contribution in [2.24, 2.45) is 11.8 Å². The van der Waals surface area contributed by atoms with Crippen molar-refractivity contribution in [1.29, 1.82) is 0 Å². The maximum Gasteiger partial charge on any atom is 0.329 e. The van der Waals surface area contributed by atoms with E-state index in [1.807, 2.05) is 60.7 Å². The van der Waals surface area contributed by atoms with Crippen molar-refractivity contribution in [3.05, 3.63) is 71.8 Å². The molecule has 2 saturated heterocycles. The van der Waals surface area contributed by atoms with Crippen molar-refractivity contribution in [3.63, 3.8) is 0 Å². The molecule has 3 fully saturated rings. The van der Waals surface area contributed by atoms with E-state index in [1.165, 1.54) is 0 Å². The lowest BCUT2D eigenvalue weighted by atomic mass is 9.80. The molecule has 0 N–H and O–H groups in total. The molecule has 2 aromatic rings. The van der Waals surface area contributed by atoms with Crippen LogP contribution in [-0.2, 0) is 41.9 Å². The van der Waals surface area contributed by atoms with Crippen molar-refractivity contribution >= 4 is 23.8 Å². The smallest absolute Gasteiger partial charge is 0.329 e. The van der Waals surface area contributed by atoms with E-state index in [4.69, 9.17) is 9.47 Å². The number of benzene rings is 2. The predicted molar refractivity (Wildman–Crippen MR) is 147 cm³/mol. The Kier molecular flexibility index (Phi) is 9.14. The fourth-order valence-electron chi connectivity index (χ4n) is 6.26. The average Bonchev–Trinajstić information content (AvgIpc) is 3.70. The van der Waals surface area contributed by atoms with Gasteiger partial charge in [0, 0.05) is 24.9 Å². The Morgan fingerprint density at radius 2 is 0.950 bits per heavy atom. The molecule has 8 heteroatoms. The van der Waals surface area contributed by atoms with Crippen LogP contribution >= 0.6 is 0 Å². The lowest BCUT2D eigenvalue weighted by molar-refractivity contribution is -0.157. The molecule has 2 amide bonds. The van der Waals surface area contributed by atoms with Gasteiger partial charge < -0.3 is 19.3 Å². The van der Waals surface area contributed by atoms with Crippen LogP contribution in [0.25, 0.3) is 0 Å². The van der Waals surface area contributed by atoms with Gasteiger partial charge in [-0.3, -0.25) is 9.59 Å². The van der Waals surface area contributed by atoms with Gasteiger partial charge in [-0.1, -0.05) is 60.7 Å². The summed E-state index contributed by atoms with van der Waals surface area (Å²) < 4.78 is 11.1. The van der Waals surface area contributed by atoms with E-state index in [-0.39, 0.29) is 48.8 Å². The minimum Gasteiger partial charge on any atom is -0.459 e. The molecule has 40 heavy (non-hydrogen) atoms. The zero-order valence-corrected chi connectivity index (χ0v) is 22.9. The topological polar surface area (TPSA) is 93.2 Å². The fourth-order valence-corrected chi connectivity index (χ4v) is 6.26. The van der Waals surface area contributed by atoms with E-state index >= 15 is 0 Å². The Labute approximate surface area is 235 Å². The third-order valence-electron chi connectivity index (χ3n) is 8.49. The average molecular weight is 547 g/mol. The first-order chi connectivity index (χ1) is 19.5. The molecule has 0 bridgehead atoms. The molecule has 1 saturated carbocycles. The maximum absolute atomic E-state index is 13.4. The second-order valence-corrected chi connectivity index (χ2v) is 11.1. The third kappa shape index (κ3) is 6.54. The van der Waals surface area contributed by atoms with Gasteiger partial charge in [-0.25, -0.2) is 9.59 Å². The zero-order chi connectivity index (χ0) is 27.9. The van der Waals surface area contributed by atoms with Gasteiger partial charge in [0.05, 0.1) is 0 Å². The highest BCUT2D eigenvalue weighted by atomic mass is 16.5. The Hall–Kier alpha value is -3.68. The van der Waals surface area contributed by atoms with Gasteiger partial charge in [0.25, 0.3) is 0 Å². The second kappa shape index (κ2) is 13.1. The molecule has 0 radical (unpaired) electrons. The van der Waals surface area contributed by atoms with Crippen molar-refractivity contribution < 1.29 is 28.7 Å². The van der Waals surface area contributed by atoms with Crippen LogP contribution in [0.2, 0.25) is 0 Å². The SMILES string of the molecule is O=C(OCc1ccccc1)[C@H]1CCCN1C(=O)C1CCC(C(=O)N2CCC[C@@H]2C(=O)OCc2ccccc2)CC1. The van der Waals surface area contributed by atoms with Crippen molar-refractivity contribution in [2.75, 3.05) is 13.1 Å². The minimum absolute atomic E-state index is 0.00593. The highest BCUT2D eigenvalue weighted by Gasteiger charge is 2.42. The molecule has 2 atom stereocenters. The van der Waals surface area contributed by atoms with Gasteiger partial charge in [-0.05, 0) is 62.5 Å². The van der Waals surface area contributed by atoms with Crippen LogP contribution in [0.1, 0.15) is 62.5 Å². The maximum atomic E-state index is 13.4. The predicted octanol–water partition coefficient (Wildman–Crippen LogP) is 4.26. The van der Waals surface area contributed by atoms with E-state index in [2.05, 4.69) is 0 Å². The number of nitrogens with zero attached hydrogens (tertiary/aromatic N) is 2. The summed E-state index contributed by atoms with van der Waals surface area (Å²) in [6.45, 7) is 1.51. The molecule has 5 rings (SSSR count). The molecule has 2 aromatic carbocycles. The summed E-state index contributed by atoms with van der Waals surface area (Å²) in [7, 11) is 0. The monoisotopic (exact) mass is 546 g/mol. The number of ether oxygens (including phenoxy) is 2. The summed E-state index contributed by atoms with van der Waals surface area (Å²) in [6, 6.07) is 18.0. The van der Waals surface area contributed by atoms with Gasteiger partial charge in [0.2, 0.25) is 11.8 Å². The van der Waals surface area contributed by atoms with Gasteiger partial charge in [-0.15, -0.1) is 0 Å². The van der Waals surface area contributed by atoms with Crippen LogP contribution in [0.3, 0.4) is 0 Å². The third-order valence-corrected chi connectivity index (χ3v) is 8.49. The highest BCUT2D eigenvalue weighted by molar-refractivity contribution is 5.88. The first kappa shape index (κ1) is 27.9. The standard InChI is InChI=1S/C32H38N2O6/c35-29(33-19-7-13-27(33)31(37)39-21-23-9-3-1-4-10-23)25-15-17-26(18-16-25)30(36)34-20-8-14-28(34)32(38)40-22-24-11-5-2-6-12-24/h1-6,9-12,25-28H,7-8,13-22H2/t25?,26?,27-,28-/m1/s1. The number of likely N-dealkylation sites (tertiary alicyclic amines) is 2. The molecule has 8 nitrogen and oxygen atoms in total. The lowest BCUT2D eigenvalue weighted by Gasteiger charge is -2.34. The minimum atomic E-state index is -0.539. The quantitative estimate of drug-likeness (QED) is 0.460. The van der Waals surface area contributed by atoms with Crippen LogP contribution in [0.5, 0.6) is 0 Å². The summed E-state index contributed by atoms with van der Waals surface area (Å²) in [5.74, 6) is -1.11. The highest BCUT2D eigenvalue weighted by Crippen LogP contribution is 2.35. The number of hydrogen-bond donors (Lipinski definition) is 0. The number of carbonyl (C=O) groups excluding carboxylic acids is 4. The molecule has 0 unspecified atom stereocenters.